The molecule has 1 atom stereocenters. The van der Waals surface area contributed by atoms with Crippen molar-refractivity contribution in [1.82, 2.24) is 19.9 Å². The standard InChI is InChI=1S/C20H20F3N5O/c21-20(22,23)16-3-1-2-13(6-16)10-28-11-18(26-12-28)27-19(29)15-7-14-4-5-24-9-17(14)25-8-15/h1-3,6-8,11-12,19,24,27,29H,4-5,9-10H2. The lowest BCUT2D eigenvalue weighted by Gasteiger charge is -2.19. The molecule has 0 spiro atoms. The molecular weight excluding hydrogens is 383 g/mol. The molecular formula is C20H20F3N5O. The van der Waals surface area contributed by atoms with Crippen LogP contribution < -0.4 is 10.6 Å². The number of pyridine rings is 1. The number of rotatable bonds is 5. The summed E-state index contributed by atoms with van der Waals surface area (Å²) in [6, 6.07) is 7.11. The van der Waals surface area contributed by atoms with Gasteiger partial charge in [0, 0.05) is 31.0 Å². The van der Waals surface area contributed by atoms with Gasteiger partial charge in [-0.15, -0.1) is 0 Å². The van der Waals surface area contributed by atoms with Gasteiger partial charge in [0.1, 0.15) is 5.82 Å². The fourth-order valence-corrected chi connectivity index (χ4v) is 3.31. The van der Waals surface area contributed by atoms with Crippen LogP contribution in [0, 0.1) is 0 Å². The number of imidazole rings is 1. The number of nitrogens with zero attached hydrogens (tertiary/aromatic N) is 3. The first-order chi connectivity index (χ1) is 13.9. The van der Waals surface area contributed by atoms with E-state index in [9.17, 15) is 18.3 Å². The van der Waals surface area contributed by atoms with Gasteiger partial charge < -0.3 is 20.3 Å². The number of aliphatic hydroxyl groups excluding tert-OH is 1. The van der Waals surface area contributed by atoms with Gasteiger partial charge >= 0.3 is 6.18 Å². The Kier molecular flexibility index (Phi) is 5.25. The van der Waals surface area contributed by atoms with Crippen LogP contribution in [0.25, 0.3) is 0 Å². The Labute approximate surface area is 165 Å². The van der Waals surface area contributed by atoms with Crippen LogP contribution in [0.2, 0.25) is 0 Å². The number of aromatic nitrogens is 3. The van der Waals surface area contributed by atoms with Crippen LogP contribution in [0.5, 0.6) is 0 Å². The Morgan fingerprint density at radius 2 is 2.10 bits per heavy atom. The number of aliphatic hydroxyl groups is 1. The summed E-state index contributed by atoms with van der Waals surface area (Å²) in [5.74, 6) is 0.420. The summed E-state index contributed by atoms with van der Waals surface area (Å²) in [5.41, 5.74) is 2.56. The Morgan fingerprint density at radius 3 is 2.93 bits per heavy atom. The van der Waals surface area contributed by atoms with Gasteiger partial charge in [0.2, 0.25) is 0 Å². The average Bonchev–Trinajstić information content (AvgIpc) is 3.13. The number of fused-ring (bicyclic) bond motifs is 1. The first-order valence-electron chi connectivity index (χ1n) is 9.19. The molecule has 3 N–H and O–H groups in total. The fraction of sp³-hybridized carbons (Fsp3) is 0.300. The van der Waals surface area contributed by atoms with E-state index in [0.29, 0.717) is 16.9 Å². The number of anilines is 1. The van der Waals surface area contributed by atoms with Crippen molar-refractivity contribution in [2.45, 2.75) is 31.9 Å². The van der Waals surface area contributed by atoms with E-state index in [-0.39, 0.29) is 6.54 Å². The fourth-order valence-electron chi connectivity index (χ4n) is 3.31. The van der Waals surface area contributed by atoms with E-state index in [0.717, 1.165) is 42.9 Å². The smallest absolute Gasteiger partial charge is 0.369 e. The zero-order valence-corrected chi connectivity index (χ0v) is 15.4. The van der Waals surface area contributed by atoms with E-state index in [4.69, 9.17) is 0 Å². The second-order valence-electron chi connectivity index (χ2n) is 6.98. The second-order valence-corrected chi connectivity index (χ2v) is 6.98. The Hall–Kier alpha value is -2.91. The molecule has 0 bridgehead atoms. The van der Waals surface area contributed by atoms with Gasteiger partial charge in [-0.05, 0) is 42.3 Å². The molecule has 9 heteroatoms. The molecule has 0 amide bonds. The highest BCUT2D eigenvalue weighted by Gasteiger charge is 2.30. The molecule has 29 heavy (non-hydrogen) atoms. The molecule has 1 aliphatic heterocycles. The zero-order chi connectivity index (χ0) is 20.4. The average molecular weight is 403 g/mol. The highest BCUT2D eigenvalue weighted by molar-refractivity contribution is 5.37. The second kappa shape index (κ2) is 7.84. The third kappa shape index (κ3) is 4.57. The minimum absolute atomic E-state index is 0.238. The Bertz CT molecular complexity index is 1000. The van der Waals surface area contributed by atoms with Crippen LogP contribution >= 0.6 is 0 Å². The van der Waals surface area contributed by atoms with Gasteiger partial charge in [-0.1, -0.05) is 12.1 Å². The number of hydrogen-bond acceptors (Lipinski definition) is 5. The molecule has 3 heterocycles. The molecule has 4 rings (SSSR count). The lowest BCUT2D eigenvalue weighted by Crippen LogP contribution is -2.25. The third-order valence-electron chi connectivity index (χ3n) is 4.80. The highest BCUT2D eigenvalue weighted by atomic mass is 19.4. The predicted octanol–water partition coefficient (Wildman–Crippen LogP) is 3.09. The number of nitrogens with one attached hydrogen (secondary N) is 2. The van der Waals surface area contributed by atoms with Crippen molar-refractivity contribution in [2.24, 2.45) is 0 Å². The molecule has 0 fully saturated rings. The van der Waals surface area contributed by atoms with Crippen molar-refractivity contribution >= 4 is 5.82 Å². The van der Waals surface area contributed by atoms with Crippen LogP contribution in [0.1, 0.15) is 34.2 Å². The first-order valence-corrected chi connectivity index (χ1v) is 9.19. The van der Waals surface area contributed by atoms with Crippen LogP contribution in [0.3, 0.4) is 0 Å². The molecule has 0 saturated heterocycles. The maximum atomic E-state index is 12.9. The van der Waals surface area contributed by atoms with Crippen molar-refractivity contribution < 1.29 is 18.3 Å². The van der Waals surface area contributed by atoms with Gasteiger partial charge in [0.05, 0.1) is 17.6 Å². The molecule has 1 aromatic carbocycles. The topological polar surface area (TPSA) is 75.0 Å². The monoisotopic (exact) mass is 403 g/mol. The normalized spacial score (nSPS) is 15.0. The molecule has 0 saturated carbocycles. The van der Waals surface area contributed by atoms with Gasteiger partial charge in [-0.25, -0.2) is 4.98 Å². The van der Waals surface area contributed by atoms with Crippen LogP contribution in [0.4, 0.5) is 19.0 Å². The summed E-state index contributed by atoms with van der Waals surface area (Å²) in [5, 5.41) is 16.6. The van der Waals surface area contributed by atoms with E-state index >= 15 is 0 Å². The Morgan fingerprint density at radius 1 is 1.24 bits per heavy atom. The maximum absolute atomic E-state index is 12.9. The maximum Gasteiger partial charge on any atom is 0.416 e. The van der Waals surface area contributed by atoms with E-state index in [2.05, 4.69) is 20.6 Å². The van der Waals surface area contributed by atoms with Crippen LogP contribution in [-0.2, 0) is 25.7 Å². The minimum Gasteiger partial charge on any atom is -0.369 e. The largest absolute Gasteiger partial charge is 0.416 e. The lowest BCUT2D eigenvalue weighted by atomic mass is 10.0. The minimum atomic E-state index is -4.37. The molecule has 1 aliphatic rings. The van der Waals surface area contributed by atoms with Gasteiger partial charge in [0.15, 0.2) is 6.23 Å². The summed E-state index contributed by atoms with van der Waals surface area (Å²) in [6.45, 7) is 1.84. The van der Waals surface area contributed by atoms with E-state index in [1.165, 1.54) is 12.4 Å². The van der Waals surface area contributed by atoms with Crippen LogP contribution in [-0.4, -0.2) is 26.2 Å². The lowest BCUT2D eigenvalue weighted by molar-refractivity contribution is -0.137. The highest BCUT2D eigenvalue weighted by Crippen LogP contribution is 2.29. The van der Waals surface area contributed by atoms with Crippen molar-refractivity contribution in [3.63, 3.8) is 0 Å². The van der Waals surface area contributed by atoms with Gasteiger partial charge in [0.25, 0.3) is 0 Å². The molecule has 152 valence electrons. The van der Waals surface area contributed by atoms with Crippen molar-refractivity contribution in [3.05, 3.63) is 77.0 Å². The van der Waals surface area contributed by atoms with Crippen LogP contribution in [0.15, 0.2) is 49.1 Å². The summed E-state index contributed by atoms with van der Waals surface area (Å²) >= 11 is 0. The van der Waals surface area contributed by atoms with Gasteiger partial charge in [-0.2, -0.15) is 13.2 Å². The number of benzene rings is 1. The number of halogens is 3. The molecule has 0 aliphatic carbocycles. The predicted molar refractivity (Wildman–Crippen MR) is 101 cm³/mol. The van der Waals surface area contributed by atoms with Crippen molar-refractivity contribution in [3.8, 4) is 0 Å². The zero-order valence-electron chi connectivity index (χ0n) is 15.4. The van der Waals surface area contributed by atoms with Gasteiger partial charge in [-0.3, -0.25) is 4.98 Å². The quantitative estimate of drug-likeness (QED) is 0.571. The third-order valence-corrected chi connectivity index (χ3v) is 4.80. The van der Waals surface area contributed by atoms with E-state index in [1.54, 1.807) is 23.0 Å². The van der Waals surface area contributed by atoms with Crippen molar-refractivity contribution in [1.29, 1.82) is 0 Å². The first kappa shape index (κ1) is 19.4. The Balaban J connectivity index is 1.43. The summed E-state index contributed by atoms with van der Waals surface area (Å²) < 4.78 is 40.2. The van der Waals surface area contributed by atoms with E-state index < -0.39 is 18.0 Å². The molecule has 2 aromatic heterocycles. The number of alkyl halides is 3. The number of hydrogen-bond donors (Lipinski definition) is 3. The summed E-state index contributed by atoms with van der Waals surface area (Å²) in [4.78, 5) is 8.57. The van der Waals surface area contributed by atoms with Crippen molar-refractivity contribution in [2.75, 3.05) is 11.9 Å². The molecule has 0 radical (unpaired) electrons. The molecule has 1 unspecified atom stereocenters. The SMILES string of the molecule is OC(Nc1cn(Cc2cccc(C(F)(F)F)c2)cn1)c1cnc2c(c1)CCNC2. The molecule has 6 nitrogen and oxygen atoms in total. The molecule has 3 aromatic rings. The summed E-state index contributed by atoms with van der Waals surface area (Å²) in [6.07, 6.45) is 0.267. The summed E-state index contributed by atoms with van der Waals surface area (Å²) in [7, 11) is 0. The van der Waals surface area contributed by atoms with E-state index in [1.807, 2.05) is 6.07 Å².